The summed E-state index contributed by atoms with van der Waals surface area (Å²) in [5, 5.41) is 15.4. The van der Waals surface area contributed by atoms with E-state index < -0.39 is 0 Å². The van der Waals surface area contributed by atoms with Crippen molar-refractivity contribution in [1.29, 1.82) is 0 Å². The Balaban J connectivity index is 2.05. The van der Waals surface area contributed by atoms with Gasteiger partial charge in [-0.15, -0.1) is 11.3 Å². The molecule has 0 spiro atoms. The highest BCUT2D eigenvalue weighted by molar-refractivity contribution is 7.09. The molecule has 1 amide bonds. The fraction of sp³-hybridized carbons (Fsp3) is 0.333. The molecule has 0 radical (unpaired) electrons. The van der Waals surface area contributed by atoms with E-state index in [4.69, 9.17) is 0 Å². The molecule has 0 saturated carbocycles. The maximum atomic E-state index is 11.7. The molecule has 0 saturated heterocycles. The van der Waals surface area contributed by atoms with Crippen molar-refractivity contribution in [2.45, 2.75) is 19.4 Å². The summed E-state index contributed by atoms with van der Waals surface area (Å²) >= 11 is 1.53. The highest BCUT2D eigenvalue weighted by Crippen LogP contribution is 2.18. The first kappa shape index (κ1) is 10.7. The van der Waals surface area contributed by atoms with E-state index in [0.29, 0.717) is 0 Å². The van der Waals surface area contributed by atoms with Crippen LogP contribution in [0.5, 0.6) is 0 Å². The van der Waals surface area contributed by atoms with Crippen molar-refractivity contribution in [3.63, 3.8) is 0 Å². The number of aromatic nitrogens is 4. The van der Waals surface area contributed by atoms with Crippen molar-refractivity contribution >= 4 is 17.2 Å². The van der Waals surface area contributed by atoms with Crippen molar-refractivity contribution in [3.8, 4) is 0 Å². The molecule has 0 aliphatic rings. The number of hydrogen-bond acceptors (Lipinski definition) is 5. The molecule has 0 fully saturated rings. The van der Waals surface area contributed by atoms with Gasteiger partial charge < -0.3 is 5.32 Å². The van der Waals surface area contributed by atoms with Crippen LogP contribution in [0.15, 0.2) is 17.8 Å². The lowest BCUT2D eigenvalue weighted by Crippen LogP contribution is -2.28. The van der Waals surface area contributed by atoms with Gasteiger partial charge in [0, 0.05) is 11.6 Å². The highest BCUT2D eigenvalue weighted by atomic mass is 32.1. The van der Waals surface area contributed by atoms with E-state index in [-0.39, 0.29) is 17.6 Å². The van der Waals surface area contributed by atoms with Gasteiger partial charge in [-0.1, -0.05) is 6.92 Å². The minimum Gasteiger partial charge on any atom is -0.341 e. The highest BCUT2D eigenvalue weighted by Gasteiger charge is 2.17. The molecule has 1 unspecified atom stereocenters. The molecule has 0 aliphatic carbocycles. The van der Waals surface area contributed by atoms with Gasteiger partial charge in [0.1, 0.15) is 5.01 Å². The van der Waals surface area contributed by atoms with Gasteiger partial charge in [-0.05, 0) is 6.42 Å². The van der Waals surface area contributed by atoms with Crippen LogP contribution >= 0.6 is 11.3 Å². The summed E-state index contributed by atoms with van der Waals surface area (Å²) in [6.07, 6.45) is 3.91. The molecule has 0 aromatic carbocycles. The molecule has 16 heavy (non-hydrogen) atoms. The molecule has 2 heterocycles. The number of nitrogens with one attached hydrogen (secondary N) is 2. The van der Waals surface area contributed by atoms with Crippen molar-refractivity contribution in [3.05, 3.63) is 28.5 Å². The number of rotatable bonds is 4. The Labute approximate surface area is 96.1 Å². The predicted molar refractivity (Wildman–Crippen MR) is 59.0 cm³/mol. The van der Waals surface area contributed by atoms with Gasteiger partial charge >= 0.3 is 0 Å². The van der Waals surface area contributed by atoms with Crippen LogP contribution in [-0.4, -0.2) is 26.3 Å². The standard InChI is InChI=1S/C9H11N5OS/c1-2-6(9-10-3-4-16-9)12-8(15)7-5-11-14-13-7/h3-6H,2H2,1H3,(H,12,15)(H,11,13,14). The van der Waals surface area contributed by atoms with Crippen LogP contribution in [0.2, 0.25) is 0 Å². The summed E-state index contributed by atoms with van der Waals surface area (Å²) in [4.78, 5) is 15.9. The van der Waals surface area contributed by atoms with Crippen LogP contribution in [0.25, 0.3) is 0 Å². The van der Waals surface area contributed by atoms with Gasteiger partial charge in [-0.3, -0.25) is 4.79 Å². The van der Waals surface area contributed by atoms with Gasteiger partial charge in [0.15, 0.2) is 5.69 Å². The minimum atomic E-state index is -0.240. The van der Waals surface area contributed by atoms with Gasteiger partial charge in [0.05, 0.1) is 12.2 Å². The van der Waals surface area contributed by atoms with Crippen LogP contribution in [-0.2, 0) is 0 Å². The maximum Gasteiger partial charge on any atom is 0.274 e. The number of nitrogens with zero attached hydrogens (tertiary/aromatic N) is 3. The summed E-state index contributed by atoms with van der Waals surface area (Å²) < 4.78 is 0. The molecule has 2 rings (SSSR count). The molecule has 1 atom stereocenters. The van der Waals surface area contributed by atoms with Crippen molar-refractivity contribution in [2.24, 2.45) is 0 Å². The Bertz CT molecular complexity index is 438. The third-order valence-electron chi connectivity index (χ3n) is 2.11. The van der Waals surface area contributed by atoms with E-state index in [0.717, 1.165) is 11.4 Å². The zero-order valence-corrected chi connectivity index (χ0v) is 9.49. The Morgan fingerprint density at radius 2 is 2.56 bits per heavy atom. The molecule has 84 valence electrons. The normalized spacial score (nSPS) is 12.3. The molecule has 2 N–H and O–H groups in total. The largest absolute Gasteiger partial charge is 0.341 e. The third-order valence-corrected chi connectivity index (χ3v) is 3.00. The van der Waals surface area contributed by atoms with E-state index in [1.165, 1.54) is 17.5 Å². The van der Waals surface area contributed by atoms with Gasteiger partial charge in [-0.2, -0.15) is 15.4 Å². The lowest BCUT2D eigenvalue weighted by atomic mass is 10.2. The van der Waals surface area contributed by atoms with Gasteiger partial charge in [-0.25, -0.2) is 4.98 Å². The SMILES string of the molecule is CCC(NC(=O)c1cn[nH]n1)c1nccs1. The first-order chi connectivity index (χ1) is 7.81. The van der Waals surface area contributed by atoms with E-state index in [1.54, 1.807) is 6.20 Å². The monoisotopic (exact) mass is 237 g/mol. The quantitative estimate of drug-likeness (QED) is 0.835. The summed E-state index contributed by atoms with van der Waals surface area (Å²) in [7, 11) is 0. The Hall–Kier alpha value is -1.76. The number of carbonyl (C=O) groups excluding carboxylic acids is 1. The molecule has 7 heteroatoms. The molecular formula is C9H11N5OS. The zero-order chi connectivity index (χ0) is 11.4. The number of aromatic amines is 1. The molecule has 6 nitrogen and oxygen atoms in total. The number of carbonyl (C=O) groups is 1. The number of H-pyrrole nitrogens is 1. The van der Waals surface area contributed by atoms with Crippen molar-refractivity contribution < 1.29 is 4.79 Å². The van der Waals surface area contributed by atoms with Crippen molar-refractivity contribution in [2.75, 3.05) is 0 Å². The summed E-state index contributed by atoms with van der Waals surface area (Å²) in [6.45, 7) is 2.00. The van der Waals surface area contributed by atoms with Crippen LogP contribution in [0.3, 0.4) is 0 Å². The van der Waals surface area contributed by atoms with Crippen LogP contribution < -0.4 is 5.32 Å². The first-order valence-electron chi connectivity index (χ1n) is 4.87. The lowest BCUT2D eigenvalue weighted by molar-refractivity contribution is 0.0930. The molecule has 2 aromatic rings. The smallest absolute Gasteiger partial charge is 0.274 e. The number of thiazole rings is 1. The van der Waals surface area contributed by atoms with E-state index in [2.05, 4.69) is 25.7 Å². The number of amides is 1. The molecule has 0 bridgehead atoms. The van der Waals surface area contributed by atoms with E-state index in [9.17, 15) is 4.79 Å². The summed E-state index contributed by atoms with van der Waals surface area (Å²) in [5.74, 6) is -0.240. The summed E-state index contributed by atoms with van der Waals surface area (Å²) in [6, 6.07) is -0.0656. The van der Waals surface area contributed by atoms with Crippen LogP contribution in [0.1, 0.15) is 34.9 Å². The fourth-order valence-electron chi connectivity index (χ4n) is 1.29. The Kier molecular flexibility index (Phi) is 3.25. The first-order valence-corrected chi connectivity index (χ1v) is 5.75. The van der Waals surface area contributed by atoms with Crippen molar-refractivity contribution in [1.82, 2.24) is 25.7 Å². The lowest BCUT2D eigenvalue weighted by Gasteiger charge is -2.12. The third kappa shape index (κ3) is 2.25. The summed E-state index contributed by atoms with van der Waals surface area (Å²) in [5.41, 5.74) is 0.287. The number of hydrogen-bond donors (Lipinski definition) is 2. The van der Waals surface area contributed by atoms with E-state index in [1.807, 2.05) is 12.3 Å². The second kappa shape index (κ2) is 4.84. The fourth-order valence-corrected chi connectivity index (χ4v) is 2.06. The molecule has 2 aromatic heterocycles. The Morgan fingerprint density at radius 1 is 1.69 bits per heavy atom. The van der Waals surface area contributed by atoms with E-state index >= 15 is 0 Å². The average molecular weight is 237 g/mol. The maximum absolute atomic E-state index is 11.7. The predicted octanol–water partition coefficient (Wildman–Crippen LogP) is 1.14. The molecule has 0 aliphatic heterocycles. The minimum absolute atomic E-state index is 0.0656. The van der Waals surface area contributed by atoms with Crippen LogP contribution in [0.4, 0.5) is 0 Å². The molecular weight excluding hydrogens is 226 g/mol. The Morgan fingerprint density at radius 3 is 3.12 bits per heavy atom. The van der Waals surface area contributed by atoms with Gasteiger partial charge in [0.2, 0.25) is 0 Å². The second-order valence-corrected chi connectivity index (χ2v) is 4.09. The zero-order valence-electron chi connectivity index (χ0n) is 8.67. The second-order valence-electron chi connectivity index (χ2n) is 3.16. The average Bonchev–Trinajstić information content (AvgIpc) is 2.96. The van der Waals surface area contributed by atoms with Gasteiger partial charge in [0.25, 0.3) is 5.91 Å². The van der Waals surface area contributed by atoms with Crippen LogP contribution in [0, 0.1) is 0 Å². The topological polar surface area (TPSA) is 83.6 Å².